The van der Waals surface area contributed by atoms with Gasteiger partial charge in [0.1, 0.15) is 0 Å². The van der Waals surface area contributed by atoms with Gasteiger partial charge in [-0.1, -0.05) is 34.1 Å². The Labute approximate surface area is 153 Å². The molecule has 0 spiro atoms. The lowest BCUT2D eigenvalue weighted by Crippen LogP contribution is -2.35. The number of urea groups is 1. The summed E-state index contributed by atoms with van der Waals surface area (Å²) in [7, 11) is 0. The fourth-order valence-electron chi connectivity index (χ4n) is 2.22. The van der Waals surface area contributed by atoms with E-state index in [0.717, 1.165) is 20.6 Å². The van der Waals surface area contributed by atoms with Gasteiger partial charge in [0.05, 0.1) is 12.5 Å². The lowest BCUT2D eigenvalue weighted by atomic mass is 10.0. The number of halogens is 1. The maximum atomic E-state index is 12.3. The summed E-state index contributed by atoms with van der Waals surface area (Å²) in [5.41, 5.74) is 6.77. The van der Waals surface area contributed by atoms with Crippen LogP contribution in [0.3, 0.4) is 0 Å². The summed E-state index contributed by atoms with van der Waals surface area (Å²) < 4.78 is 0.919. The van der Waals surface area contributed by atoms with Gasteiger partial charge >= 0.3 is 6.03 Å². The van der Waals surface area contributed by atoms with Gasteiger partial charge in [0, 0.05) is 15.1 Å². The molecule has 0 radical (unpaired) electrons. The van der Waals surface area contributed by atoms with Gasteiger partial charge in [0.15, 0.2) is 0 Å². The van der Waals surface area contributed by atoms with E-state index in [1.165, 1.54) is 0 Å². The third-order valence-corrected chi connectivity index (χ3v) is 4.59. The molecule has 1 atom stereocenters. The molecule has 0 aliphatic carbocycles. The van der Waals surface area contributed by atoms with E-state index in [2.05, 4.69) is 26.6 Å². The van der Waals surface area contributed by atoms with Gasteiger partial charge in [-0.3, -0.25) is 4.79 Å². The Morgan fingerprint density at radius 2 is 1.92 bits per heavy atom. The maximum Gasteiger partial charge on any atom is 0.312 e. The molecule has 24 heavy (non-hydrogen) atoms. The zero-order valence-corrected chi connectivity index (χ0v) is 15.5. The summed E-state index contributed by atoms with van der Waals surface area (Å²) in [6, 6.07) is 13.8. The number of anilines is 1. The van der Waals surface area contributed by atoms with Crippen molar-refractivity contribution < 1.29 is 9.59 Å². The number of nitrogens with one attached hydrogen (secondary N) is 2. The Morgan fingerprint density at radius 3 is 2.54 bits per heavy atom. The predicted octanol–water partition coefficient (Wildman–Crippen LogP) is 3.91. The van der Waals surface area contributed by atoms with Gasteiger partial charge < -0.3 is 16.4 Å². The first kappa shape index (κ1) is 18.4. The van der Waals surface area contributed by atoms with Crippen LogP contribution in [0, 0.1) is 0 Å². The fraction of sp³-hybridized carbons (Fsp3) is 0.176. The molecule has 0 bridgehead atoms. The van der Waals surface area contributed by atoms with E-state index in [4.69, 9.17) is 5.73 Å². The Balaban J connectivity index is 2.08. The summed E-state index contributed by atoms with van der Waals surface area (Å²) in [6.45, 7) is 0. The zero-order chi connectivity index (χ0) is 17.5. The Morgan fingerprint density at radius 1 is 1.21 bits per heavy atom. The van der Waals surface area contributed by atoms with Crippen LogP contribution in [-0.2, 0) is 4.79 Å². The molecule has 126 valence electrons. The largest absolute Gasteiger partial charge is 0.352 e. The van der Waals surface area contributed by atoms with Crippen LogP contribution in [0.2, 0.25) is 0 Å². The summed E-state index contributed by atoms with van der Waals surface area (Å²) in [6.07, 6.45) is 2.06. The van der Waals surface area contributed by atoms with Gasteiger partial charge in [0.2, 0.25) is 5.91 Å². The van der Waals surface area contributed by atoms with E-state index < -0.39 is 12.1 Å². The second-order valence-corrected chi connectivity index (χ2v) is 6.89. The SMILES string of the molecule is CSc1cccc(NC(=O)CC(NC(N)=O)c2ccc(Br)cc2)c1. The Bertz CT molecular complexity index is 722. The lowest BCUT2D eigenvalue weighted by molar-refractivity contribution is -0.116. The van der Waals surface area contributed by atoms with Crippen molar-refractivity contribution in [2.75, 3.05) is 11.6 Å². The van der Waals surface area contributed by atoms with Crippen LogP contribution in [-0.4, -0.2) is 18.2 Å². The van der Waals surface area contributed by atoms with Crippen molar-refractivity contribution in [3.8, 4) is 0 Å². The number of carbonyl (C=O) groups is 2. The van der Waals surface area contributed by atoms with Crippen molar-refractivity contribution in [1.29, 1.82) is 0 Å². The number of nitrogens with two attached hydrogens (primary N) is 1. The summed E-state index contributed by atoms with van der Waals surface area (Å²) >= 11 is 4.96. The number of amides is 3. The van der Waals surface area contributed by atoms with Gasteiger partial charge in [-0.15, -0.1) is 11.8 Å². The topological polar surface area (TPSA) is 84.2 Å². The molecule has 2 rings (SSSR count). The second-order valence-electron chi connectivity index (χ2n) is 5.10. The number of thioether (sulfide) groups is 1. The van der Waals surface area contributed by atoms with Crippen LogP contribution in [0.15, 0.2) is 57.9 Å². The molecular formula is C17H18BrN3O2S. The third kappa shape index (κ3) is 5.58. The molecule has 5 nitrogen and oxygen atoms in total. The number of benzene rings is 2. The molecule has 0 aliphatic rings. The second kappa shape index (κ2) is 8.75. The molecule has 0 aromatic heterocycles. The smallest absolute Gasteiger partial charge is 0.312 e. The van der Waals surface area contributed by atoms with E-state index >= 15 is 0 Å². The molecule has 0 heterocycles. The van der Waals surface area contributed by atoms with Gasteiger partial charge in [-0.25, -0.2) is 4.79 Å². The third-order valence-electron chi connectivity index (χ3n) is 3.33. The van der Waals surface area contributed by atoms with Crippen molar-refractivity contribution in [2.24, 2.45) is 5.73 Å². The van der Waals surface area contributed by atoms with Crippen LogP contribution < -0.4 is 16.4 Å². The van der Waals surface area contributed by atoms with E-state index in [9.17, 15) is 9.59 Å². The molecular weight excluding hydrogens is 390 g/mol. The van der Waals surface area contributed by atoms with E-state index in [-0.39, 0.29) is 12.3 Å². The number of hydrogen-bond donors (Lipinski definition) is 3. The lowest BCUT2D eigenvalue weighted by Gasteiger charge is -2.18. The van der Waals surface area contributed by atoms with Crippen molar-refractivity contribution >= 4 is 45.3 Å². The molecule has 0 aliphatic heterocycles. The monoisotopic (exact) mass is 407 g/mol. The molecule has 0 saturated heterocycles. The van der Waals surface area contributed by atoms with Crippen molar-refractivity contribution in [3.63, 3.8) is 0 Å². The highest BCUT2D eigenvalue weighted by atomic mass is 79.9. The van der Waals surface area contributed by atoms with Gasteiger partial charge in [0.25, 0.3) is 0 Å². The summed E-state index contributed by atoms with van der Waals surface area (Å²) in [5, 5.41) is 5.46. The minimum atomic E-state index is -0.667. The highest BCUT2D eigenvalue weighted by molar-refractivity contribution is 9.10. The number of primary amides is 1. The standard InChI is InChI=1S/C17H18BrN3O2S/c1-24-14-4-2-3-13(9-14)20-16(22)10-15(21-17(19)23)11-5-7-12(18)8-6-11/h2-9,15H,10H2,1H3,(H,20,22)(H3,19,21,23). The van der Waals surface area contributed by atoms with Crippen LogP contribution in [0.25, 0.3) is 0 Å². The molecule has 0 fully saturated rings. The fourth-order valence-corrected chi connectivity index (χ4v) is 2.94. The van der Waals surface area contributed by atoms with E-state index in [1.54, 1.807) is 11.8 Å². The molecule has 7 heteroatoms. The highest BCUT2D eigenvalue weighted by Gasteiger charge is 2.17. The minimum absolute atomic E-state index is 0.0913. The van der Waals surface area contributed by atoms with Crippen LogP contribution >= 0.6 is 27.7 Å². The summed E-state index contributed by atoms with van der Waals surface area (Å²) in [5.74, 6) is -0.199. The molecule has 2 aromatic carbocycles. The first-order valence-electron chi connectivity index (χ1n) is 7.23. The van der Waals surface area contributed by atoms with Crippen molar-refractivity contribution in [3.05, 3.63) is 58.6 Å². The molecule has 3 amide bonds. The van der Waals surface area contributed by atoms with Crippen LogP contribution in [0.4, 0.5) is 10.5 Å². The van der Waals surface area contributed by atoms with E-state index in [1.807, 2.05) is 54.8 Å². The normalized spacial score (nSPS) is 11.6. The zero-order valence-electron chi connectivity index (χ0n) is 13.1. The quantitative estimate of drug-likeness (QED) is 0.634. The minimum Gasteiger partial charge on any atom is -0.352 e. The average Bonchev–Trinajstić information content (AvgIpc) is 2.54. The van der Waals surface area contributed by atoms with E-state index in [0.29, 0.717) is 0 Å². The van der Waals surface area contributed by atoms with Gasteiger partial charge in [-0.2, -0.15) is 0 Å². The van der Waals surface area contributed by atoms with Crippen LogP contribution in [0.1, 0.15) is 18.0 Å². The number of carbonyl (C=O) groups excluding carboxylic acids is 2. The van der Waals surface area contributed by atoms with Gasteiger partial charge in [-0.05, 0) is 42.2 Å². The maximum absolute atomic E-state index is 12.3. The first-order chi connectivity index (χ1) is 11.5. The predicted molar refractivity (Wildman–Crippen MR) is 101 cm³/mol. The Kier molecular flexibility index (Phi) is 6.69. The number of rotatable bonds is 6. The number of hydrogen-bond acceptors (Lipinski definition) is 3. The Hall–Kier alpha value is -1.99. The molecule has 2 aromatic rings. The summed E-state index contributed by atoms with van der Waals surface area (Å²) in [4.78, 5) is 24.6. The van der Waals surface area contributed by atoms with Crippen molar-refractivity contribution in [1.82, 2.24) is 5.32 Å². The van der Waals surface area contributed by atoms with Crippen molar-refractivity contribution in [2.45, 2.75) is 17.4 Å². The molecule has 0 saturated carbocycles. The first-order valence-corrected chi connectivity index (χ1v) is 9.25. The average molecular weight is 408 g/mol. The van der Waals surface area contributed by atoms with Crippen LogP contribution in [0.5, 0.6) is 0 Å². The molecule has 4 N–H and O–H groups in total. The highest BCUT2D eigenvalue weighted by Crippen LogP contribution is 2.22. The molecule has 1 unspecified atom stereocenters.